The van der Waals surface area contributed by atoms with Gasteiger partial charge in [-0.15, -0.1) is 11.3 Å². The molecule has 30 heavy (non-hydrogen) atoms. The van der Waals surface area contributed by atoms with Crippen LogP contribution in [-0.2, 0) is 19.4 Å². The summed E-state index contributed by atoms with van der Waals surface area (Å²) in [6.07, 6.45) is 2.94. The van der Waals surface area contributed by atoms with E-state index in [0.717, 1.165) is 52.4 Å². The van der Waals surface area contributed by atoms with E-state index in [9.17, 15) is 0 Å². The van der Waals surface area contributed by atoms with Crippen LogP contribution in [0.3, 0.4) is 0 Å². The molecule has 0 saturated heterocycles. The number of benzene rings is 2. The highest BCUT2D eigenvalue weighted by atomic mass is 32.1. The molecule has 154 valence electrons. The molecule has 2 aromatic carbocycles. The first-order valence-corrected chi connectivity index (χ1v) is 11.1. The third kappa shape index (κ3) is 4.62. The van der Waals surface area contributed by atoms with Gasteiger partial charge in [0.15, 0.2) is 0 Å². The van der Waals surface area contributed by atoms with Crippen LogP contribution in [0.15, 0.2) is 54.6 Å². The number of anilines is 1. The lowest BCUT2D eigenvalue weighted by molar-refractivity contribution is 0.414. The molecule has 0 bridgehead atoms. The van der Waals surface area contributed by atoms with Gasteiger partial charge in [-0.25, -0.2) is 9.97 Å². The van der Waals surface area contributed by atoms with Crippen LogP contribution in [0.4, 0.5) is 5.82 Å². The number of nitrogens with one attached hydrogen (secondary N) is 1. The van der Waals surface area contributed by atoms with Gasteiger partial charge >= 0.3 is 0 Å². The second kappa shape index (κ2) is 9.26. The molecule has 0 fully saturated rings. The van der Waals surface area contributed by atoms with E-state index in [1.54, 1.807) is 18.4 Å². The number of hydrogen-bond donors (Lipinski definition) is 1. The third-order valence-corrected chi connectivity index (χ3v) is 6.48. The van der Waals surface area contributed by atoms with Crippen molar-refractivity contribution in [1.82, 2.24) is 9.97 Å². The van der Waals surface area contributed by atoms with Gasteiger partial charge in [0.05, 0.1) is 12.5 Å². The fourth-order valence-electron chi connectivity index (χ4n) is 3.60. The lowest BCUT2D eigenvalue weighted by atomic mass is 10.1. The highest BCUT2D eigenvalue weighted by Crippen LogP contribution is 2.33. The summed E-state index contributed by atoms with van der Waals surface area (Å²) in [7, 11) is 1.69. The number of nitrogens with zero attached hydrogens (tertiary/aromatic N) is 2. The molecule has 5 heteroatoms. The Kier molecular flexibility index (Phi) is 6.29. The quantitative estimate of drug-likeness (QED) is 0.376. The van der Waals surface area contributed by atoms with E-state index in [2.05, 4.69) is 61.6 Å². The average molecular weight is 418 g/mol. The summed E-state index contributed by atoms with van der Waals surface area (Å²) < 4.78 is 5.35. The fraction of sp³-hybridized carbons (Fsp3) is 0.280. The first kappa shape index (κ1) is 20.4. The van der Waals surface area contributed by atoms with Crippen molar-refractivity contribution < 1.29 is 4.74 Å². The van der Waals surface area contributed by atoms with Crippen LogP contribution in [-0.4, -0.2) is 17.1 Å². The fourth-order valence-corrected chi connectivity index (χ4v) is 4.65. The van der Waals surface area contributed by atoms with Crippen LogP contribution >= 0.6 is 11.3 Å². The molecule has 0 amide bonds. The Morgan fingerprint density at radius 3 is 2.53 bits per heavy atom. The topological polar surface area (TPSA) is 47.0 Å². The molecule has 0 atom stereocenters. The van der Waals surface area contributed by atoms with E-state index in [-0.39, 0.29) is 0 Å². The molecule has 1 N–H and O–H groups in total. The molecule has 2 aromatic heterocycles. The molecule has 0 aliphatic rings. The van der Waals surface area contributed by atoms with Crippen LogP contribution in [0.2, 0.25) is 0 Å². The summed E-state index contributed by atoms with van der Waals surface area (Å²) in [6.45, 7) is 5.01. The molecule has 0 unspecified atom stereocenters. The first-order chi connectivity index (χ1) is 14.6. The SMILES string of the molecule is COc1cccc(CNc2nc(CCCc3ccccc3)nc3sc(C)c(C)c23)c1. The van der Waals surface area contributed by atoms with Gasteiger partial charge in [-0.3, -0.25) is 0 Å². The summed E-state index contributed by atoms with van der Waals surface area (Å²) >= 11 is 1.75. The molecule has 2 heterocycles. The molecule has 0 aliphatic heterocycles. The van der Waals surface area contributed by atoms with Crippen LogP contribution in [0.1, 0.15) is 33.8 Å². The van der Waals surface area contributed by atoms with Gasteiger partial charge in [0.2, 0.25) is 0 Å². The highest BCUT2D eigenvalue weighted by Gasteiger charge is 2.14. The van der Waals surface area contributed by atoms with Gasteiger partial charge in [-0.05, 0) is 55.5 Å². The van der Waals surface area contributed by atoms with Gasteiger partial charge in [0.1, 0.15) is 22.2 Å². The zero-order valence-electron chi connectivity index (χ0n) is 17.7. The maximum atomic E-state index is 5.35. The van der Waals surface area contributed by atoms with E-state index in [0.29, 0.717) is 6.54 Å². The zero-order chi connectivity index (χ0) is 20.9. The van der Waals surface area contributed by atoms with Gasteiger partial charge in [0.25, 0.3) is 0 Å². The molecule has 4 nitrogen and oxygen atoms in total. The predicted octanol–water partition coefficient (Wildman–Crippen LogP) is 6.10. The Hall–Kier alpha value is -2.92. The lowest BCUT2D eigenvalue weighted by Gasteiger charge is -2.11. The number of hydrogen-bond acceptors (Lipinski definition) is 5. The van der Waals surface area contributed by atoms with E-state index in [1.165, 1.54) is 16.0 Å². The molecule has 0 spiro atoms. The number of rotatable bonds is 8. The molecular formula is C25H27N3OS. The minimum Gasteiger partial charge on any atom is -0.497 e. The van der Waals surface area contributed by atoms with Crippen molar-refractivity contribution >= 4 is 27.4 Å². The second-order valence-electron chi connectivity index (χ2n) is 7.50. The van der Waals surface area contributed by atoms with Crippen LogP contribution < -0.4 is 10.1 Å². The van der Waals surface area contributed by atoms with Crippen molar-refractivity contribution in [3.8, 4) is 5.75 Å². The Morgan fingerprint density at radius 2 is 1.73 bits per heavy atom. The van der Waals surface area contributed by atoms with E-state index < -0.39 is 0 Å². The summed E-state index contributed by atoms with van der Waals surface area (Å²) in [5, 5.41) is 4.70. The largest absolute Gasteiger partial charge is 0.497 e. The average Bonchev–Trinajstić information content (AvgIpc) is 3.06. The van der Waals surface area contributed by atoms with Crippen molar-refractivity contribution in [3.63, 3.8) is 0 Å². The maximum Gasteiger partial charge on any atom is 0.139 e. The van der Waals surface area contributed by atoms with Crippen LogP contribution in [0.25, 0.3) is 10.2 Å². The van der Waals surface area contributed by atoms with Crippen molar-refractivity contribution in [2.24, 2.45) is 0 Å². The van der Waals surface area contributed by atoms with Crippen LogP contribution in [0, 0.1) is 13.8 Å². The lowest BCUT2D eigenvalue weighted by Crippen LogP contribution is -2.06. The second-order valence-corrected chi connectivity index (χ2v) is 8.70. The first-order valence-electron chi connectivity index (χ1n) is 10.3. The molecule has 0 radical (unpaired) electrons. The number of ether oxygens (including phenoxy) is 1. The Morgan fingerprint density at radius 1 is 0.933 bits per heavy atom. The minimum atomic E-state index is 0.696. The molecule has 4 rings (SSSR count). The van der Waals surface area contributed by atoms with Gasteiger partial charge < -0.3 is 10.1 Å². The van der Waals surface area contributed by atoms with E-state index >= 15 is 0 Å². The summed E-state index contributed by atoms with van der Waals surface area (Å²) in [5.74, 6) is 2.71. The van der Waals surface area contributed by atoms with Crippen molar-refractivity contribution in [2.45, 2.75) is 39.7 Å². The van der Waals surface area contributed by atoms with E-state index in [1.807, 2.05) is 12.1 Å². The summed E-state index contributed by atoms with van der Waals surface area (Å²) in [6, 6.07) is 18.7. The smallest absolute Gasteiger partial charge is 0.139 e. The Labute approximate surface area is 182 Å². The zero-order valence-corrected chi connectivity index (χ0v) is 18.6. The number of aryl methyl sites for hydroxylation is 4. The number of aromatic nitrogens is 2. The third-order valence-electron chi connectivity index (χ3n) is 5.38. The van der Waals surface area contributed by atoms with Crippen molar-refractivity contribution in [3.05, 3.63) is 82.0 Å². The number of thiophene rings is 1. The Bertz CT molecular complexity index is 1140. The number of fused-ring (bicyclic) bond motifs is 1. The van der Waals surface area contributed by atoms with Crippen LogP contribution in [0.5, 0.6) is 5.75 Å². The van der Waals surface area contributed by atoms with Crippen molar-refractivity contribution in [2.75, 3.05) is 12.4 Å². The standard InChI is InChI=1S/C25H27N3OS/c1-17-18(2)30-25-23(17)24(26-16-20-12-7-13-21(15-20)29-3)27-22(28-25)14-8-11-19-9-5-4-6-10-19/h4-7,9-10,12-13,15H,8,11,14,16H2,1-3H3,(H,26,27,28). The monoisotopic (exact) mass is 417 g/mol. The molecular weight excluding hydrogens is 390 g/mol. The summed E-state index contributed by atoms with van der Waals surface area (Å²) in [4.78, 5) is 12.2. The van der Waals surface area contributed by atoms with Gasteiger partial charge in [-0.1, -0.05) is 42.5 Å². The Balaban J connectivity index is 1.55. The maximum absolute atomic E-state index is 5.35. The molecule has 0 saturated carbocycles. The summed E-state index contributed by atoms with van der Waals surface area (Å²) in [5.41, 5.74) is 3.79. The highest BCUT2D eigenvalue weighted by molar-refractivity contribution is 7.18. The van der Waals surface area contributed by atoms with Crippen molar-refractivity contribution in [1.29, 1.82) is 0 Å². The molecule has 0 aliphatic carbocycles. The van der Waals surface area contributed by atoms with E-state index in [4.69, 9.17) is 14.7 Å². The molecule has 4 aromatic rings. The number of methoxy groups -OCH3 is 1. The van der Waals surface area contributed by atoms with Gasteiger partial charge in [0, 0.05) is 17.8 Å². The normalized spacial score (nSPS) is 11.0. The minimum absolute atomic E-state index is 0.696. The predicted molar refractivity (Wildman–Crippen MR) is 126 cm³/mol. The van der Waals surface area contributed by atoms with Gasteiger partial charge in [-0.2, -0.15) is 0 Å².